The van der Waals surface area contributed by atoms with Crippen molar-refractivity contribution in [3.8, 4) is 11.1 Å². The molecule has 4 bridgehead atoms. The molecule has 4 aliphatic rings. The van der Waals surface area contributed by atoms with Crippen LogP contribution < -0.4 is 10.6 Å². The number of anilines is 3. The largest absolute Gasteiger partial charge is 0.490 e. The topological polar surface area (TPSA) is 143 Å². The zero-order chi connectivity index (χ0) is 29.4. The fourth-order valence-corrected chi connectivity index (χ4v) is 7.30. The third-order valence-corrected chi connectivity index (χ3v) is 8.84. The number of carbonyl (C=O) groups is 1. The molecule has 6 unspecified atom stereocenters. The van der Waals surface area contributed by atoms with Gasteiger partial charge in [-0.25, -0.2) is 9.78 Å². The van der Waals surface area contributed by atoms with Crippen LogP contribution in [0.1, 0.15) is 31.4 Å². The number of ether oxygens (including phenoxy) is 1. The van der Waals surface area contributed by atoms with Gasteiger partial charge in [-0.1, -0.05) is 6.07 Å². The van der Waals surface area contributed by atoms with Gasteiger partial charge >= 0.3 is 12.1 Å². The molecule has 14 heteroatoms. The molecule has 3 aromatic heterocycles. The van der Waals surface area contributed by atoms with Gasteiger partial charge in [0.15, 0.2) is 5.82 Å². The highest BCUT2D eigenvalue weighted by molar-refractivity contribution is 5.94. The predicted octanol–water partition coefficient (Wildman–Crippen LogP) is 4.24. The van der Waals surface area contributed by atoms with Crippen molar-refractivity contribution in [1.82, 2.24) is 29.9 Å². The van der Waals surface area contributed by atoms with Gasteiger partial charge in [-0.15, -0.1) is 0 Å². The molecule has 4 fully saturated rings. The number of esters is 1. The Labute approximate surface area is 237 Å². The minimum atomic E-state index is -5.15. The molecule has 0 radical (unpaired) electrons. The Balaban J connectivity index is 1.26. The number of H-pyrrole nitrogens is 1. The lowest BCUT2D eigenvalue weighted by atomic mass is 9.51. The summed E-state index contributed by atoms with van der Waals surface area (Å²) in [6.07, 6.45) is -0.877. The third-order valence-electron chi connectivity index (χ3n) is 8.84. The molecule has 0 spiro atoms. The van der Waals surface area contributed by atoms with E-state index in [-0.39, 0.29) is 24.2 Å². The summed E-state index contributed by atoms with van der Waals surface area (Å²) in [5, 5.41) is 30.1. The van der Waals surface area contributed by atoms with Crippen LogP contribution in [0.15, 0.2) is 36.7 Å². The lowest BCUT2D eigenvalue weighted by Crippen LogP contribution is -2.68. The minimum Gasteiger partial charge on any atom is -0.452 e. The summed E-state index contributed by atoms with van der Waals surface area (Å²) in [4.78, 5) is 21.4. The number of hydrogen-bond acceptors (Lipinski definition) is 9. The SMILES string of the molecule is Cc1cc(Nc2nc(NC3C4CC5CC3C(OC(=O)C(F)(F)F)C(O)(C5)C4)nc3cc(-c4cnn(C)c4)ccc23)n[nH]1. The van der Waals surface area contributed by atoms with Crippen molar-refractivity contribution in [2.45, 2.75) is 56.5 Å². The van der Waals surface area contributed by atoms with Crippen LogP contribution in [0.2, 0.25) is 0 Å². The number of aryl methyl sites for hydroxylation is 2. The van der Waals surface area contributed by atoms with Crippen molar-refractivity contribution in [3.05, 3.63) is 42.4 Å². The normalized spacial score (nSPS) is 28.3. The fourth-order valence-electron chi connectivity index (χ4n) is 7.30. The second kappa shape index (κ2) is 9.41. The second-order valence-electron chi connectivity index (χ2n) is 11.9. The predicted molar refractivity (Wildman–Crippen MR) is 146 cm³/mol. The second-order valence-corrected chi connectivity index (χ2v) is 11.9. The first-order chi connectivity index (χ1) is 19.9. The minimum absolute atomic E-state index is 0.0419. The first-order valence-corrected chi connectivity index (χ1v) is 13.8. The summed E-state index contributed by atoms with van der Waals surface area (Å²) in [6.45, 7) is 1.88. The van der Waals surface area contributed by atoms with E-state index in [2.05, 4.69) is 25.9 Å². The highest BCUT2D eigenvalue weighted by atomic mass is 19.4. The molecule has 4 saturated carbocycles. The van der Waals surface area contributed by atoms with Gasteiger partial charge in [-0.3, -0.25) is 9.78 Å². The smallest absolute Gasteiger partial charge is 0.452 e. The van der Waals surface area contributed by atoms with Crippen molar-refractivity contribution in [2.75, 3.05) is 10.6 Å². The van der Waals surface area contributed by atoms with Crippen molar-refractivity contribution in [3.63, 3.8) is 0 Å². The van der Waals surface area contributed by atoms with Crippen LogP contribution in [0.25, 0.3) is 22.0 Å². The summed E-state index contributed by atoms with van der Waals surface area (Å²) in [6, 6.07) is 7.23. The summed E-state index contributed by atoms with van der Waals surface area (Å²) < 4.78 is 46.1. The van der Waals surface area contributed by atoms with E-state index in [0.29, 0.717) is 30.0 Å². The number of rotatable bonds is 6. The van der Waals surface area contributed by atoms with Crippen molar-refractivity contribution >= 4 is 34.5 Å². The molecule has 1 aromatic carbocycles. The first kappa shape index (κ1) is 26.7. The molecule has 0 saturated heterocycles. The average Bonchev–Trinajstić information content (AvgIpc) is 3.54. The molecule has 4 N–H and O–H groups in total. The lowest BCUT2D eigenvalue weighted by molar-refractivity contribution is -0.249. The zero-order valence-corrected chi connectivity index (χ0v) is 22.8. The van der Waals surface area contributed by atoms with Gasteiger partial charge in [0.2, 0.25) is 5.95 Å². The van der Waals surface area contributed by atoms with Gasteiger partial charge in [-0.05, 0) is 62.1 Å². The Hall–Kier alpha value is -4.20. The summed E-state index contributed by atoms with van der Waals surface area (Å²) in [7, 11) is 1.84. The molecule has 4 aliphatic carbocycles. The molecule has 0 amide bonds. The number of aliphatic hydroxyl groups is 1. The van der Waals surface area contributed by atoms with Gasteiger partial charge in [0.25, 0.3) is 0 Å². The summed E-state index contributed by atoms with van der Waals surface area (Å²) in [5.74, 6) is -1.38. The Morgan fingerprint density at radius 1 is 1.19 bits per heavy atom. The van der Waals surface area contributed by atoms with Crippen molar-refractivity contribution in [1.29, 1.82) is 0 Å². The highest BCUT2D eigenvalue weighted by Gasteiger charge is 2.63. The maximum Gasteiger partial charge on any atom is 0.490 e. The highest BCUT2D eigenvalue weighted by Crippen LogP contribution is 2.57. The number of aromatic nitrogens is 6. The van der Waals surface area contributed by atoms with E-state index in [1.807, 2.05) is 44.4 Å². The molecule has 8 rings (SSSR count). The first-order valence-electron chi connectivity index (χ1n) is 13.8. The number of carbonyl (C=O) groups excluding carboxylic acids is 1. The Bertz CT molecular complexity index is 1690. The third kappa shape index (κ3) is 4.63. The quantitative estimate of drug-likeness (QED) is 0.246. The maximum atomic E-state index is 13.2. The van der Waals surface area contributed by atoms with E-state index in [1.54, 1.807) is 10.9 Å². The van der Waals surface area contributed by atoms with E-state index >= 15 is 0 Å². The summed E-state index contributed by atoms with van der Waals surface area (Å²) >= 11 is 0. The van der Waals surface area contributed by atoms with Crippen LogP contribution in [0, 0.1) is 24.7 Å². The number of fused-ring (bicyclic) bond motifs is 1. The molecule has 3 heterocycles. The van der Waals surface area contributed by atoms with Gasteiger partial charge in [0.1, 0.15) is 17.5 Å². The Morgan fingerprint density at radius 2 is 2.02 bits per heavy atom. The maximum absolute atomic E-state index is 13.2. The molecular formula is C28H29F3N8O3. The molecule has 42 heavy (non-hydrogen) atoms. The lowest BCUT2D eigenvalue weighted by Gasteiger charge is -2.61. The van der Waals surface area contributed by atoms with Crippen molar-refractivity contribution in [2.24, 2.45) is 24.8 Å². The Morgan fingerprint density at radius 3 is 2.74 bits per heavy atom. The number of nitrogens with one attached hydrogen (secondary N) is 3. The van der Waals surface area contributed by atoms with Gasteiger partial charge in [0.05, 0.1) is 11.7 Å². The summed E-state index contributed by atoms with van der Waals surface area (Å²) in [5.41, 5.74) is 1.82. The molecule has 6 atom stereocenters. The number of nitrogens with zero attached hydrogens (tertiary/aromatic N) is 5. The average molecular weight is 583 g/mol. The van der Waals surface area contributed by atoms with E-state index < -0.39 is 35.8 Å². The number of hydrogen-bond donors (Lipinski definition) is 4. The number of halogens is 3. The standard InChI is InChI=1S/C28H29F3N8O3/c1-13-5-21(38-37-13)34-24-18-4-3-15(17-11-32-39(2)12-17)8-20(18)33-26(36-24)35-22-16-6-14-7-19(22)23(27(41,9-14)10-16)42-25(40)28(29,30)31/h3-5,8,11-12,14,16,19,22-23,41H,6-7,9-10H2,1-2H3,(H3,33,34,35,36,37,38). The van der Waals surface area contributed by atoms with Crippen LogP contribution in [0.4, 0.5) is 30.8 Å². The van der Waals surface area contributed by atoms with E-state index in [4.69, 9.17) is 14.7 Å². The molecule has 0 aliphatic heterocycles. The van der Waals surface area contributed by atoms with Crippen LogP contribution in [0.3, 0.4) is 0 Å². The molecule has 11 nitrogen and oxygen atoms in total. The molecule has 4 aromatic rings. The monoisotopic (exact) mass is 582 g/mol. The number of aromatic amines is 1. The zero-order valence-electron chi connectivity index (χ0n) is 22.8. The van der Waals surface area contributed by atoms with Crippen LogP contribution in [0.5, 0.6) is 0 Å². The van der Waals surface area contributed by atoms with Crippen LogP contribution in [-0.4, -0.2) is 64.9 Å². The number of alkyl halides is 3. The van der Waals surface area contributed by atoms with Gasteiger partial charge < -0.3 is 20.5 Å². The van der Waals surface area contributed by atoms with Gasteiger partial charge in [-0.2, -0.15) is 28.4 Å². The van der Waals surface area contributed by atoms with E-state index in [1.165, 1.54) is 0 Å². The Kier molecular flexibility index (Phi) is 5.98. The van der Waals surface area contributed by atoms with Gasteiger partial charge in [0, 0.05) is 47.9 Å². The van der Waals surface area contributed by atoms with E-state index in [0.717, 1.165) is 28.6 Å². The van der Waals surface area contributed by atoms with Crippen LogP contribution in [-0.2, 0) is 16.6 Å². The number of benzene rings is 1. The molecular weight excluding hydrogens is 553 g/mol. The van der Waals surface area contributed by atoms with Crippen molar-refractivity contribution < 1.29 is 27.8 Å². The van der Waals surface area contributed by atoms with Crippen LogP contribution >= 0.6 is 0 Å². The fraction of sp³-hybridized carbons (Fsp3) is 0.464. The van der Waals surface area contributed by atoms with E-state index in [9.17, 15) is 23.1 Å². The molecule has 220 valence electrons.